The third kappa shape index (κ3) is 5.45. The van der Waals surface area contributed by atoms with E-state index in [1.807, 2.05) is 0 Å². The zero-order valence-electron chi connectivity index (χ0n) is 10.5. The van der Waals surface area contributed by atoms with Crippen molar-refractivity contribution in [3.8, 4) is 0 Å². The Balaban J connectivity index is 2.43. The van der Waals surface area contributed by atoms with E-state index in [-0.39, 0.29) is 11.8 Å². The molecule has 0 aliphatic heterocycles. The van der Waals surface area contributed by atoms with Gasteiger partial charge in [-0.1, -0.05) is 13.8 Å². The quantitative estimate of drug-likeness (QED) is 0.792. The van der Waals surface area contributed by atoms with Gasteiger partial charge < -0.3 is 11.1 Å². The summed E-state index contributed by atoms with van der Waals surface area (Å²) < 4.78 is 0. The third-order valence-corrected chi connectivity index (χ3v) is 2.58. The number of aromatic nitrogens is 1. The molecule has 0 fully saturated rings. The Labute approximate surface area is 103 Å². The molecule has 3 N–H and O–H groups in total. The number of rotatable bonds is 6. The maximum atomic E-state index is 11.8. The van der Waals surface area contributed by atoms with Crippen molar-refractivity contribution >= 4 is 11.6 Å². The predicted octanol–water partition coefficient (Wildman–Crippen LogP) is 2.03. The van der Waals surface area contributed by atoms with Gasteiger partial charge in [0.15, 0.2) is 0 Å². The highest BCUT2D eigenvalue weighted by Crippen LogP contribution is 2.15. The Bertz CT molecular complexity index is 338. The second-order valence-corrected chi connectivity index (χ2v) is 4.72. The maximum absolute atomic E-state index is 11.8. The third-order valence-electron chi connectivity index (χ3n) is 2.58. The molecule has 0 aromatic carbocycles. The molecule has 0 radical (unpaired) electrons. The molecule has 0 aliphatic carbocycles. The zero-order chi connectivity index (χ0) is 12.7. The highest BCUT2D eigenvalue weighted by atomic mass is 16.1. The summed E-state index contributed by atoms with van der Waals surface area (Å²) >= 11 is 0. The van der Waals surface area contributed by atoms with Gasteiger partial charge in [-0.15, -0.1) is 0 Å². The van der Waals surface area contributed by atoms with Crippen molar-refractivity contribution in [3.63, 3.8) is 0 Å². The minimum Gasteiger partial charge on any atom is -0.330 e. The highest BCUT2D eigenvalue weighted by molar-refractivity contribution is 5.90. The molecule has 1 unspecified atom stereocenters. The lowest BCUT2D eigenvalue weighted by molar-refractivity contribution is -0.117. The minimum atomic E-state index is 0.0206. The Morgan fingerprint density at radius 1 is 1.41 bits per heavy atom. The second-order valence-electron chi connectivity index (χ2n) is 4.72. The fourth-order valence-electron chi connectivity index (χ4n) is 1.84. The lowest BCUT2D eigenvalue weighted by Crippen LogP contribution is -2.23. The molecule has 1 rings (SSSR count). The van der Waals surface area contributed by atoms with Crippen LogP contribution in [0.4, 0.5) is 5.69 Å². The van der Waals surface area contributed by atoms with E-state index < -0.39 is 0 Å². The first-order valence-corrected chi connectivity index (χ1v) is 6.01. The van der Waals surface area contributed by atoms with Crippen molar-refractivity contribution in [1.29, 1.82) is 0 Å². The first-order chi connectivity index (χ1) is 8.11. The van der Waals surface area contributed by atoms with E-state index in [1.165, 1.54) is 0 Å². The van der Waals surface area contributed by atoms with Crippen LogP contribution in [0.2, 0.25) is 0 Å². The van der Waals surface area contributed by atoms with Crippen molar-refractivity contribution in [2.24, 2.45) is 17.6 Å². The highest BCUT2D eigenvalue weighted by Gasteiger charge is 2.13. The van der Waals surface area contributed by atoms with Crippen LogP contribution < -0.4 is 11.1 Å². The molecule has 94 valence electrons. The Kier molecular flexibility index (Phi) is 5.63. The first-order valence-electron chi connectivity index (χ1n) is 6.01. The predicted molar refractivity (Wildman–Crippen MR) is 69.5 cm³/mol. The molecule has 0 spiro atoms. The summed E-state index contributed by atoms with van der Waals surface area (Å²) in [5.74, 6) is 0.849. The summed E-state index contributed by atoms with van der Waals surface area (Å²) in [7, 11) is 0. The lowest BCUT2D eigenvalue weighted by Gasteiger charge is -2.16. The largest absolute Gasteiger partial charge is 0.330 e. The zero-order valence-corrected chi connectivity index (χ0v) is 10.5. The first kappa shape index (κ1) is 13.6. The van der Waals surface area contributed by atoms with Crippen LogP contribution in [0.5, 0.6) is 0 Å². The van der Waals surface area contributed by atoms with Crippen molar-refractivity contribution in [2.75, 3.05) is 11.9 Å². The summed E-state index contributed by atoms with van der Waals surface area (Å²) in [6.07, 6.45) is 4.78. The van der Waals surface area contributed by atoms with Gasteiger partial charge in [-0.25, -0.2) is 0 Å². The molecule has 0 aliphatic rings. The molecule has 17 heavy (non-hydrogen) atoms. The normalized spacial score (nSPS) is 12.5. The van der Waals surface area contributed by atoms with Gasteiger partial charge >= 0.3 is 0 Å². The summed E-state index contributed by atoms with van der Waals surface area (Å²) in [5, 5.41) is 2.85. The van der Waals surface area contributed by atoms with Crippen LogP contribution in [0.1, 0.15) is 26.7 Å². The van der Waals surface area contributed by atoms with Crippen LogP contribution >= 0.6 is 0 Å². The molecular weight excluding hydrogens is 214 g/mol. The average molecular weight is 235 g/mol. The van der Waals surface area contributed by atoms with E-state index in [2.05, 4.69) is 24.1 Å². The molecule has 4 nitrogen and oxygen atoms in total. The van der Waals surface area contributed by atoms with Crippen molar-refractivity contribution in [3.05, 3.63) is 24.5 Å². The summed E-state index contributed by atoms with van der Waals surface area (Å²) in [6.45, 7) is 4.84. The minimum absolute atomic E-state index is 0.0206. The number of nitrogens with one attached hydrogen (secondary N) is 1. The number of carbonyl (C=O) groups excluding carboxylic acids is 1. The topological polar surface area (TPSA) is 68.0 Å². The van der Waals surface area contributed by atoms with Gasteiger partial charge in [-0.3, -0.25) is 9.78 Å². The van der Waals surface area contributed by atoms with Crippen LogP contribution in [-0.2, 0) is 4.79 Å². The standard InChI is InChI=1S/C13H21N3O/c1-10(2)7-11(9-14)8-13(17)16-12-3-5-15-6-4-12/h3-6,10-11H,7-9,14H2,1-2H3,(H,15,16,17). The molecule has 1 heterocycles. The van der Waals surface area contributed by atoms with Crippen molar-refractivity contribution in [2.45, 2.75) is 26.7 Å². The molecule has 0 saturated heterocycles. The van der Waals surface area contributed by atoms with Gasteiger partial charge in [0.05, 0.1) is 0 Å². The summed E-state index contributed by atoms with van der Waals surface area (Å²) in [4.78, 5) is 15.7. The van der Waals surface area contributed by atoms with E-state index in [9.17, 15) is 4.79 Å². The number of anilines is 1. The van der Waals surface area contributed by atoms with Crippen molar-refractivity contribution in [1.82, 2.24) is 4.98 Å². The van der Waals surface area contributed by atoms with Gasteiger partial charge in [0.1, 0.15) is 0 Å². The monoisotopic (exact) mass is 235 g/mol. The lowest BCUT2D eigenvalue weighted by atomic mass is 9.94. The fraction of sp³-hybridized carbons (Fsp3) is 0.538. The summed E-state index contributed by atoms with van der Waals surface area (Å²) in [5.41, 5.74) is 6.46. The molecule has 4 heteroatoms. The van der Waals surface area contributed by atoms with Crippen LogP contribution in [0.3, 0.4) is 0 Å². The molecule has 1 aromatic rings. The molecule has 0 saturated carbocycles. The molecular formula is C13H21N3O. The fourth-order valence-corrected chi connectivity index (χ4v) is 1.84. The smallest absolute Gasteiger partial charge is 0.224 e. The van der Waals surface area contributed by atoms with E-state index in [4.69, 9.17) is 5.73 Å². The van der Waals surface area contributed by atoms with Crippen LogP contribution in [0, 0.1) is 11.8 Å². The average Bonchev–Trinajstić information content (AvgIpc) is 2.28. The SMILES string of the molecule is CC(C)CC(CN)CC(=O)Nc1ccncc1. The van der Waals surface area contributed by atoms with E-state index in [1.54, 1.807) is 24.5 Å². The molecule has 1 atom stereocenters. The Morgan fingerprint density at radius 3 is 2.59 bits per heavy atom. The van der Waals surface area contributed by atoms with Gasteiger partial charge in [-0.05, 0) is 36.9 Å². The number of nitrogens with zero attached hydrogens (tertiary/aromatic N) is 1. The van der Waals surface area contributed by atoms with E-state index >= 15 is 0 Å². The van der Waals surface area contributed by atoms with Crippen LogP contribution in [0.25, 0.3) is 0 Å². The molecule has 0 bridgehead atoms. The van der Waals surface area contributed by atoms with Crippen LogP contribution in [0.15, 0.2) is 24.5 Å². The van der Waals surface area contributed by atoms with Crippen molar-refractivity contribution < 1.29 is 4.79 Å². The van der Waals surface area contributed by atoms with Gasteiger partial charge in [0.2, 0.25) is 5.91 Å². The van der Waals surface area contributed by atoms with Crippen LogP contribution in [-0.4, -0.2) is 17.4 Å². The Morgan fingerprint density at radius 2 is 2.06 bits per heavy atom. The molecule has 1 aromatic heterocycles. The summed E-state index contributed by atoms with van der Waals surface area (Å²) in [6, 6.07) is 3.55. The Hall–Kier alpha value is -1.42. The maximum Gasteiger partial charge on any atom is 0.224 e. The number of amides is 1. The number of carbonyl (C=O) groups is 1. The number of hydrogen-bond acceptors (Lipinski definition) is 3. The number of nitrogens with two attached hydrogens (primary N) is 1. The number of hydrogen-bond donors (Lipinski definition) is 2. The van der Waals surface area contributed by atoms with Gasteiger partial charge in [0.25, 0.3) is 0 Å². The van der Waals surface area contributed by atoms with Gasteiger partial charge in [0, 0.05) is 24.5 Å². The van der Waals surface area contributed by atoms with Gasteiger partial charge in [-0.2, -0.15) is 0 Å². The second kappa shape index (κ2) is 7.01. The van der Waals surface area contributed by atoms with E-state index in [0.29, 0.717) is 18.9 Å². The van der Waals surface area contributed by atoms with E-state index in [0.717, 1.165) is 12.1 Å². The number of pyridine rings is 1. The molecule has 1 amide bonds.